The molecule has 10 nitrogen and oxygen atoms in total. The second-order valence-corrected chi connectivity index (χ2v) is 7.49. The number of pyridine rings is 1. The lowest BCUT2D eigenvalue weighted by Gasteiger charge is -2.42. The number of nitrogens with one attached hydrogen (secondary N) is 1. The third-order valence-electron chi connectivity index (χ3n) is 5.21. The summed E-state index contributed by atoms with van der Waals surface area (Å²) in [6.45, 7) is 2.43. The zero-order chi connectivity index (χ0) is 20.4. The van der Waals surface area contributed by atoms with Gasteiger partial charge in [0.2, 0.25) is 5.82 Å². The van der Waals surface area contributed by atoms with Crippen LogP contribution in [-0.2, 0) is 9.53 Å². The predicted molar refractivity (Wildman–Crippen MR) is 99.3 cm³/mol. The first-order valence-corrected chi connectivity index (χ1v) is 9.25. The van der Waals surface area contributed by atoms with Crippen LogP contribution in [0, 0.1) is 23.0 Å². The van der Waals surface area contributed by atoms with Crippen LogP contribution in [0.3, 0.4) is 0 Å². The first-order valence-electron chi connectivity index (χ1n) is 9.25. The Bertz CT molecular complexity index is 789. The van der Waals surface area contributed by atoms with E-state index in [0.717, 1.165) is 19.4 Å². The lowest BCUT2D eigenvalue weighted by Crippen LogP contribution is -2.52. The van der Waals surface area contributed by atoms with E-state index in [1.807, 2.05) is 4.90 Å². The molecule has 0 spiro atoms. The largest absolute Gasteiger partial charge is 0.480 e. The van der Waals surface area contributed by atoms with E-state index in [4.69, 9.17) is 5.11 Å². The Labute approximate surface area is 162 Å². The Morgan fingerprint density at radius 2 is 2.11 bits per heavy atom. The van der Waals surface area contributed by atoms with E-state index in [1.165, 1.54) is 13.2 Å². The van der Waals surface area contributed by atoms with Crippen molar-refractivity contribution in [1.82, 2.24) is 9.88 Å². The third-order valence-corrected chi connectivity index (χ3v) is 5.21. The van der Waals surface area contributed by atoms with Gasteiger partial charge >= 0.3 is 17.6 Å². The van der Waals surface area contributed by atoms with Crippen molar-refractivity contribution in [1.29, 1.82) is 0 Å². The highest BCUT2D eigenvalue weighted by Crippen LogP contribution is 2.36. The molecule has 1 heterocycles. The molecule has 2 saturated carbocycles. The van der Waals surface area contributed by atoms with Gasteiger partial charge in [-0.2, -0.15) is 0 Å². The molecule has 1 aromatic heterocycles. The summed E-state index contributed by atoms with van der Waals surface area (Å²) in [5.41, 5.74) is -0.0773. The first kappa shape index (κ1) is 20.0. The number of aromatic nitrogens is 1. The summed E-state index contributed by atoms with van der Waals surface area (Å²) >= 11 is 0. The number of rotatable bonds is 9. The highest BCUT2D eigenvalue weighted by atomic mass is 16.6. The van der Waals surface area contributed by atoms with Crippen molar-refractivity contribution < 1.29 is 24.4 Å². The summed E-state index contributed by atoms with van der Waals surface area (Å²) in [6, 6.07) is 1.39. The SMILES string of the molecule is COC(=O)c1cc(C)nc(NC2CC(N(CC(=O)O)CC3CC3)C2)c1[N+](=O)[O-]. The van der Waals surface area contributed by atoms with Crippen molar-refractivity contribution >= 4 is 23.4 Å². The fraction of sp³-hybridized carbons (Fsp3) is 0.611. The fourth-order valence-corrected chi connectivity index (χ4v) is 3.56. The quantitative estimate of drug-likeness (QED) is 0.366. The average molecular weight is 392 g/mol. The number of ether oxygens (including phenoxy) is 1. The minimum atomic E-state index is -0.851. The number of aryl methyl sites for hydroxylation is 1. The highest BCUT2D eigenvalue weighted by molar-refractivity contribution is 5.96. The van der Waals surface area contributed by atoms with E-state index in [1.54, 1.807) is 6.92 Å². The Morgan fingerprint density at radius 1 is 1.43 bits per heavy atom. The van der Waals surface area contributed by atoms with E-state index >= 15 is 0 Å². The maximum absolute atomic E-state index is 11.9. The Kier molecular flexibility index (Phi) is 5.78. The summed E-state index contributed by atoms with van der Waals surface area (Å²) in [7, 11) is 1.17. The van der Waals surface area contributed by atoms with Crippen molar-refractivity contribution in [3.8, 4) is 0 Å². The number of hydrogen-bond acceptors (Lipinski definition) is 8. The zero-order valence-corrected chi connectivity index (χ0v) is 15.9. The Morgan fingerprint density at radius 3 is 2.64 bits per heavy atom. The fourth-order valence-electron chi connectivity index (χ4n) is 3.56. The second-order valence-electron chi connectivity index (χ2n) is 7.49. The molecule has 0 radical (unpaired) electrons. The molecule has 0 bridgehead atoms. The van der Waals surface area contributed by atoms with E-state index in [9.17, 15) is 19.7 Å². The van der Waals surface area contributed by atoms with Crippen LogP contribution in [-0.4, -0.2) is 64.1 Å². The van der Waals surface area contributed by atoms with E-state index in [-0.39, 0.29) is 30.0 Å². The number of carbonyl (C=O) groups is 2. The standard InChI is InChI=1S/C18H24N4O6/c1-10-5-14(18(25)28-2)16(22(26)27)17(19-10)20-12-6-13(7-12)21(9-15(23)24)8-11-3-4-11/h5,11-13H,3-4,6-9H2,1-2H3,(H,19,20)(H,23,24). The molecule has 10 heteroatoms. The average Bonchev–Trinajstić information content (AvgIpc) is 3.39. The molecule has 0 unspecified atom stereocenters. The number of nitro groups is 1. The molecule has 2 aliphatic carbocycles. The lowest BCUT2D eigenvalue weighted by molar-refractivity contribution is -0.384. The number of esters is 1. The topological polar surface area (TPSA) is 135 Å². The zero-order valence-electron chi connectivity index (χ0n) is 15.9. The molecule has 0 atom stereocenters. The molecular formula is C18H24N4O6. The number of methoxy groups -OCH3 is 1. The van der Waals surface area contributed by atoms with Gasteiger partial charge in [-0.3, -0.25) is 19.8 Å². The van der Waals surface area contributed by atoms with Gasteiger partial charge in [0.15, 0.2) is 0 Å². The van der Waals surface area contributed by atoms with E-state index in [0.29, 0.717) is 24.5 Å². The first-order chi connectivity index (χ1) is 13.3. The number of carbonyl (C=O) groups excluding carboxylic acids is 1. The monoisotopic (exact) mass is 392 g/mol. The minimum absolute atomic E-state index is 0.00319. The molecule has 2 N–H and O–H groups in total. The van der Waals surface area contributed by atoms with Gasteiger partial charge in [0, 0.05) is 24.3 Å². The van der Waals surface area contributed by atoms with Gasteiger partial charge in [-0.05, 0) is 44.6 Å². The van der Waals surface area contributed by atoms with Crippen LogP contribution in [0.25, 0.3) is 0 Å². The number of anilines is 1. The van der Waals surface area contributed by atoms with Crippen LogP contribution in [0.1, 0.15) is 41.7 Å². The van der Waals surface area contributed by atoms with Crippen molar-refractivity contribution in [2.75, 3.05) is 25.5 Å². The van der Waals surface area contributed by atoms with Crippen LogP contribution in [0.4, 0.5) is 11.5 Å². The molecule has 0 amide bonds. The van der Waals surface area contributed by atoms with Crippen molar-refractivity contribution in [3.05, 3.63) is 27.4 Å². The maximum Gasteiger partial charge on any atom is 0.345 e. The number of carboxylic acid groups (broad SMARTS) is 1. The van der Waals surface area contributed by atoms with E-state index < -0.39 is 22.5 Å². The van der Waals surface area contributed by atoms with Gasteiger partial charge < -0.3 is 15.2 Å². The third kappa shape index (κ3) is 4.56. The summed E-state index contributed by atoms with van der Waals surface area (Å²) in [6.07, 6.45) is 3.61. The van der Waals surface area contributed by atoms with Crippen LogP contribution in [0.2, 0.25) is 0 Å². The number of nitrogens with zero attached hydrogens (tertiary/aromatic N) is 3. The smallest absolute Gasteiger partial charge is 0.345 e. The van der Waals surface area contributed by atoms with Crippen LogP contribution < -0.4 is 5.32 Å². The number of aliphatic carboxylic acids is 1. The number of hydrogen-bond donors (Lipinski definition) is 2. The second kappa shape index (κ2) is 8.09. The molecule has 152 valence electrons. The van der Waals surface area contributed by atoms with Crippen LogP contribution >= 0.6 is 0 Å². The van der Waals surface area contributed by atoms with Gasteiger partial charge in [-0.15, -0.1) is 0 Å². The molecule has 0 saturated heterocycles. The molecule has 2 fully saturated rings. The summed E-state index contributed by atoms with van der Waals surface area (Å²) < 4.78 is 4.65. The summed E-state index contributed by atoms with van der Waals surface area (Å²) in [5.74, 6) is -1.02. The summed E-state index contributed by atoms with van der Waals surface area (Å²) in [5, 5.41) is 23.7. The molecule has 3 rings (SSSR count). The van der Waals surface area contributed by atoms with Crippen molar-refractivity contribution in [3.63, 3.8) is 0 Å². The molecular weight excluding hydrogens is 368 g/mol. The van der Waals surface area contributed by atoms with Gasteiger partial charge in [0.1, 0.15) is 5.56 Å². The van der Waals surface area contributed by atoms with Crippen LogP contribution in [0.5, 0.6) is 0 Å². The highest BCUT2D eigenvalue weighted by Gasteiger charge is 2.38. The van der Waals surface area contributed by atoms with Crippen molar-refractivity contribution in [2.24, 2.45) is 5.92 Å². The Hall–Kier alpha value is -2.75. The van der Waals surface area contributed by atoms with Gasteiger partial charge in [0.05, 0.1) is 18.6 Å². The normalized spacial score (nSPS) is 21.1. The van der Waals surface area contributed by atoms with Crippen LogP contribution in [0.15, 0.2) is 6.07 Å². The molecule has 2 aliphatic rings. The molecule has 0 aromatic carbocycles. The Balaban J connectivity index is 1.71. The minimum Gasteiger partial charge on any atom is -0.480 e. The summed E-state index contributed by atoms with van der Waals surface area (Å²) in [4.78, 5) is 40.1. The van der Waals surface area contributed by atoms with Gasteiger partial charge in [0.25, 0.3) is 0 Å². The van der Waals surface area contributed by atoms with Gasteiger partial charge in [-0.1, -0.05) is 0 Å². The number of carboxylic acids is 1. The molecule has 1 aromatic rings. The van der Waals surface area contributed by atoms with Gasteiger partial charge in [-0.25, -0.2) is 9.78 Å². The predicted octanol–water partition coefficient (Wildman–Crippen LogP) is 1.82. The molecule has 0 aliphatic heterocycles. The van der Waals surface area contributed by atoms with E-state index in [2.05, 4.69) is 15.0 Å². The molecule has 28 heavy (non-hydrogen) atoms. The maximum atomic E-state index is 11.9. The van der Waals surface area contributed by atoms with Crippen molar-refractivity contribution in [2.45, 2.75) is 44.7 Å². The lowest BCUT2D eigenvalue weighted by atomic mass is 9.85.